The van der Waals surface area contributed by atoms with Gasteiger partial charge in [0.2, 0.25) is 0 Å². The fourth-order valence-corrected chi connectivity index (χ4v) is 3.25. The average Bonchev–Trinajstić information content (AvgIpc) is 2.93. The largest absolute Gasteiger partial charge is 0.299 e. The third-order valence-electron chi connectivity index (χ3n) is 4.11. The maximum Gasteiger partial charge on any atom is 0.109 e. The van der Waals surface area contributed by atoms with Crippen LogP contribution in [0, 0.1) is 24.2 Å². The zero-order valence-corrected chi connectivity index (χ0v) is 12.4. The fourth-order valence-electron chi connectivity index (χ4n) is 3.10. The number of hydrogen-bond donors (Lipinski definition) is 1. The van der Waals surface area contributed by atoms with E-state index >= 15 is 0 Å². The smallest absolute Gasteiger partial charge is 0.109 e. The molecule has 1 aliphatic carbocycles. The molecule has 1 N–H and O–H groups in total. The number of nitriles is 1. The number of nitrogens with zero attached hydrogens (tertiary/aromatic N) is 3. The van der Waals surface area contributed by atoms with E-state index in [1.165, 1.54) is 0 Å². The SMILES string of the molecule is CCNC1(C#N)CCCC1CCn1cc(Cl)c(C)n1. The minimum atomic E-state index is -0.333. The Hall–Kier alpha value is -1.05. The second kappa shape index (κ2) is 5.94. The lowest BCUT2D eigenvalue weighted by Crippen LogP contribution is -2.47. The summed E-state index contributed by atoms with van der Waals surface area (Å²) in [5, 5.41) is 18.0. The van der Waals surface area contributed by atoms with Crippen molar-refractivity contribution in [3.05, 3.63) is 16.9 Å². The van der Waals surface area contributed by atoms with Crippen molar-refractivity contribution in [1.82, 2.24) is 15.1 Å². The van der Waals surface area contributed by atoms with Crippen LogP contribution in [0.5, 0.6) is 0 Å². The van der Waals surface area contributed by atoms with Crippen LogP contribution in [0.15, 0.2) is 6.20 Å². The number of aromatic nitrogens is 2. The van der Waals surface area contributed by atoms with E-state index in [9.17, 15) is 5.26 Å². The molecule has 104 valence electrons. The van der Waals surface area contributed by atoms with Gasteiger partial charge in [-0.05, 0) is 38.6 Å². The van der Waals surface area contributed by atoms with Gasteiger partial charge in [0.15, 0.2) is 0 Å². The van der Waals surface area contributed by atoms with Crippen molar-refractivity contribution in [2.45, 2.75) is 51.6 Å². The first-order valence-corrected chi connectivity index (χ1v) is 7.35. The van der Waals surface area contributed by atoms with Crippen LogP contribution in [0.1, 0.15) is 38.3 Å². The van der Waals surface area contributed by atoms with Crippen LogP contribution >= 0.6 is 11.6 Å². The molecule has 0 amide bonds. The van der Waals surface area contributed by atoms with E-state index in [0.29, 0.717) is 10.9 Å². The number of halogens is 1. The molecule has 19 heavy (non-hydrogen) atoms. The summed E-state index contributed by atoms with van der Waals surface area (Å²) in [4.78, 5) is 0. The second-order valence-corrected chi connectivity index (χ2v) is 5.72. The predicted octanol–water partition coefficient (Wildman–Crippen LogP) is 2.91. The number of nitrogens with one attached hydrogen (secondary N) is 1. The summed E-state index contributed by atoms with van der Waals surface area (Å²) in [5.74, 6) is 0.403. The van der Waals surface area contributed by atoms with Crippen molar-refractivity contribution in [2.75, 3.05) is 6.54 Å². The molecule has 1 aromatic heterocycles. The maximum absolute atomic E-state index is 9.51. The first-order valence-electron chi connectivity index (χ1n) is 6.97. The highest BCUT2D eigenvalue weighted by Gasteiger charge is 2.42. The van der Waals surface area contributed by atoms with Crippen molar-refractivity contribution in [1.29, 1.82) is 5.26 Å². The van der Waals surface area contributed by atoms with Crippen LogP contribution in [-0.4, -0.2) is 21.9 Å². The molecular weight excluding hydrogens is 260 g/mol. The number of hydrogen-bond acceptors (Lipinski definition) is 3. The summed E-state index contributed by atoms with van der Waals surface area (Å²) >= 11 is 6.01. The Labute approximate surface area is 119 Å². The standard InChI is InChI=1S/C14H21ClN4/c1-3-17-14(10-16)7-4-5-12(14)6-8-19-9-13(15)11(2)18-19/h9,12,17H,3-8H2,1-2H3. The minimum Gasteiger partial charge on any atom is -0.299 e. The quantitative estimate of drug-likeness (QED) is 0.902. The summed E-state index contributed by atoms with van der Waals surface area (Å²) in [6, 6.07) is 2.51. The van der Waals surface area contributed by atoms with E-state index in [1.807, 2.05) is 17.8 Å². The van der Waals surface area contributed by atoms with Crippen LogP contribution in [0.3, 0.4) is 0 Å². The highest BCUT2D eigenvalue weighted by Crippen LogP contribution is 2.37. The average molecular weight is 281 g/mol. The molecule has 0 radical (unpaired) electrons. The molecule has 4 nitrogen and oxygen atoms in total. The van der Waals surface area contributed by atoms with E-state index in [0.717, 1.165) is 44.5 Å². The predicted molar refractivity (Wildman–Crippen MR) is 76.0 cm³/mol. The monoisotopic (exact) mass is 280 g/mol. The fraction of sp³-hybridized carbons (Fsp3) is 0.714. The Morgan fingerprint density at radius 3 is 3.05 bits per heavy atom. The normalized spacial score (nSPS) is 26.5. The van der Waals surface area contributed by atoms with Crippen molar-refractivity contribution >= 4 is 11.6 Å². The lowest BCUT2D eigenvalue weighted by molar-refractivity contribution is 0.291. The molecule has 0 saturated heterocycles. The van der Waals surface area contributed by atoms with Gasteiger partial charge in [0.05, 0.1) is 16.8 Å². The molecule has 2 atom stereocenters. The lowest BCUT2D eigenvalue weighted by atomic mass is 9.86. The van der Waals surface area contributed by atoms with Gasteiger partial charge in [-0.25, -0.2) is 0 Å². The van der Waals surface area contributed by atoms with Gasteiger partial charge in [-0.1, -0.05) is 24.9 Å². The highest BCUT2D eigenvalue weighted by molar-refractivity contribution is 6.31. The van der Waals surface area contributed by atoms with E-state index in [-0.39, 0.29) is 5.54 Å². The zero-order chi connectivity index (χ0) is 13.9. The Bertz CT molecular complexity index is 457. The molecule has 0 aliphatic heterocycles. The molecule has 0 aromatic carbocycles. The summed E-state index contributed by atoms with van der Waals surface area (Å²) < 4.78 is 1.89. The second-order valence-electron chi connectivity index (χ2n) is 5.32. The Kier molecular flexibility index (Phi) is 4.49. The van der Waals surface area contributed by atoms with Crippen LogP contribution < -0.4 is 5.32 Å². The summed E-state index contributed by atoms with van der Waals surface area (Å²) in [6.45, 7) is 5.64. The van der Waals surface area contributed by atoms with Gasteiger partial charge < -0.3 is 0 Å². The molecule has 1 fully saturated rings. The van der Waals surface area contributed by atoms with E-state index in [2.05, 4.69) is 23.4 Å². The number of aryl methyl sites for hydroxylation is 2. The van der Waals surface area contributed by atoms with Crippen LogP contribution in [0.25, 0.3) is 0 Å². The lowest BCUT2D eigenvalue weighted by Gasteiger charge is -2.29. The van der Waals surface area contributed by atoms with Gasteiger partial charge in [-0.15, -0.1) is 0 Å². The van der Waals surface area contributed by atoms with Gasteiger partial charge in [-0.2, -0.15) is 10.4 Å². The zero-order valence-electron chi connectivity index (χ0n) is 11.6. The molecule has 0 bridgehead atoms. The summed E-state index contributed by atoms with van der Waals surface area (Å²) in [7, 11) is 0. The van der Waals surface area contributed by atoms with Crippen molar-refractivity contribution in [2.24, 2.45) is 5.92 Å². The van der Waals surface area contributed by atoms with Crippen LogP contribution in [0.4, 0.5) is 0 Å². The Balaban J connectivity index is 2.00. The third kappa shape index (κ3) is 2.93. The van der Waals surface area contributed by atoms with Crippen molar-refractivity contribution < 1.29 is 0 Å². The topological polar surface area (TPSA) is 53.6 Å². The summed E-state index contributed by atoms with van der Waals surface area (Å²) in [5.41, 5.74) is 0.534. The molecule has 1 aliphatic rings. The minimum absolute atomic E-state index is 0.333. The first-order chi connectivity index (χ1) is 9.11. The van der Waals surface area contributed by atoms with Crippen molar-refractivity contribution in [3.63, 3.8) is 0 Å². The molecule has 5 heteroatoms. The number of rotatable bonds is 5. The van der Waals surface area contributed by atoms with Gasteiger partial charge in [-0.3, -0.25) is 10.00 Å². The van der Waals surface area contributed by atoms with Crippen LogP contribution in [0.2, 0.25) is 5.02 Å². The van der Waals surface area contributed by atoms with Gasteiger partial charge >= 0.3 is 0 Å². The maximum atomic E-state index is 9.51. The Morgan fingerprint density at radius 2 is 2.47 bits per heavy atom. The first kappa shape index (κ1) is 14.4. The third-order valence-corrected chi connectivity index (χ3v) is 4.48. The highest BCUT2D eigenvalue weighted by atomic mass is 35.5. The molecule has 1 saturated carbocycles. The molecule has 2 rings (SSSR count). The Morgan fingerprint density at radius 1 is 1.68 bits per heavy atom. The molecule has 1 heterocycles. The molecule has 2 unspecified atom stereocenters. The van der Waals surface area contributed by atoms with Gasteiger partial charge in [0, 0.05) is 12.7 Å². The van der Waals surface area contributed by atoms with Gasteiger partial charge in [0.1, 0.15) is 5.54 Å². The van der Waals surface area contributed by atoms with E-state index in [4.69, 9.17) is 11.6 Å². The van der Waals surface area contributed by atoms with Gasteiger partial charge in [0.25, 0.3) is 0 Å². The molecule has 1 aromatic rings. The molecular formula is C14H21ClN4. The van der Waals surface area contributed by atoms with E-state index in [1.54, 1.807) is 0 Å². The van der Waals surface area contributed by atoms with E-state index < -0.39 is 0 Å². The molecule has 0 spiro atoms. The van der Waals surface area contributed by atoms with Crippen LogP contribution in [-0.2, 0) is 6.54 Å². The van der Waals surface area contributed by atoms with Crippen molar-refractivity contribution in [3.8, 4) is 6.07 Å². The summed E-state index contributed by atoms with van der Waals surface area (Å²) in [6.07, 6.45) is 6.05.